The van der Waals surface area contributed by atoms with Gasteiger partial charge in [-0.1, -0.05) is 31.4 Å². The Morgan fingerprint density at radius 2 is 1.76 bits per heavy atom. The van der Waals surface area contributed by atoms with Crippen molar-refractivity contribution in [3.63, 3.8) is 0 Å². The molecule has 0 saturated heterocycles. The number of aldehydes is 1. The normalized spacial score (nSPS) is 16.5. The van der Waals surface area contributed by atoms with Crippen LogP contribution in [0.25, 0.3) is 11.1 Å². The van der Waals surface area contributed by atoms with Crippen LogP contribution in [0.15, 0.2) is 36.4 Å². The molecule has 4 rings (SSSR count). The van der Waals surface area contributed by atoms with E-state index in [1.165, 1.54) is 38.9 Å². The van der Waals surface area contributed by atoms with Gasteiger partial charge in [0, 0.05) is 25.2 Å². The number of carbonyl (C=O) groups excluding carboxylic acids is 2. The van der Waals surface area contributed by atoms with E-state index in [0.29, 0.717) is 29.2 Å². The fourth-order valence-corrected chi connectivity index (χ4v) is 5.53. The van der Waals surface area contributed by atoms with Crippen LogP contribution in [0.1, 0.15) is 69.5 Å². The van der Waals surface area contributed by atoms with Crippen molar-refractivity contribution < 1.29 is 22.7 Å². The molecule has 2 aliphatic carbocycles. The van der Waals surface area contributed by atoms with Gasteiger partial charge in [-0.25, -0.2) is 4.72 Å². The van der Waals surface area contributed by atoms with Gasteiger partial charge in [-0.2, -0.15) is 12.7 Å². The Balaban J connectivity index is 1.76. The van der Waals surface area contributed by atoms with E-state index in [-0.39, 0.29) is 0 Å². The van der Waals surface area contributed by atoms with Crippen LogP contribution in [0.4, 0.5) is 0 Å². The lowest BCUT2D eigenvalue weighted by Gasteiger charge is -2.25. The Kier molecular flexibility index (Phi) is 6.91. The molecule has 1 N–H and O–H groups in total. The fraction of sp³-hybridized carbons (Fsp3) is 0.385. The minimum atomic E-state index is -3.88. The van der Waals surface area contributed by atoms with Crippen LogP contribution < -0.4 is 9.46 Å². The molecular formula is C26H30N2O5S. The van der Waals surface area contributed by atoms with Gasteiger partial charge in [0.1, 0.15) is 5.75 Å². The van der Waals surface area contributed by atoms with Crippen molar-refractivity contribution in [1.82, 2.24) is 9.03 Å². The van der Waals surface area contributed by atoms with E-state index in [4.69, 9.17) is 4.74 Å². The summed E-state index contributed by atoms with van der Waals surface area (Å²) in [6.07, 6.45) is 7.19. The van der Waals surface area contributed by atoms with Crippen LogP contribution in [-0.2, 0) is 16.6 Å². The highest BCUT2D eigenvalue weighted by atomic mass is 32.2. The first-order valence-corrected chi connectivity index (χ1v) is 12.9. The van der Waals surface area contributed by atoms with Gasteiger partial charge in [0.25, 0.3) is 5.91 Å². The molecule has 7 nitrogen and oxygen atoms in total. The standard InChI is InChI=1S/C26H30N2O5S/c1-28(2)34(31,32)27-26(30)18-9-11-23-19(13-18)15-24(25(23)17-7-5-4-6-8-17)22-12-10-21(33-3)14-20(22)16-29/h9-14,16-17H,4-8,15H2,1-3H3,(H,27,30). The minimum Gasteiger partial charge on any atom is -0.497 e. The van der Waals surface area contributed by atoms with E-state index in [2.05, 4.69) is 4.72 Å². The number of nitrogens with one attached hydrogen (secondary N) is 1. The Morgan fingerprint density at radius 1 is 1.06 bits per heavy atom. The summed E-state index contributed by atoms with van der Waals surface area (Å²) in [5.74, 6) is 0.352. The van der Waals surface area contributed by atoms with Gasteiger partial charge in [0.05, 0.1) is 7.11 Å². The highest BCUT2D eigenvalue weighted by Crippen LogP contribution is 2.47. The molecule has 8 heteroatoms. The molecule has 1 saturated carbocycles. The molecule has 180 valence electrons. The number of nitrogens with zero attached hydrogens (tertiary/aromatic N) is 1. The van der Waals surface area contributed by atoms with Crippen LogP contribution in [0.3, 0.4) is 0 Å². The molecule has 1 amide bonds. The van der Waals surface area contributed by atoms with E-state index >= 15 is 0 Å². The molecule has 0 aliphatic heterocycles. The molecule has 0 spiro atoms. The smallest absolute Gasteiger partial charge is 0.303 e. The lowest BCUT2D eigenvalue weighted by molar-refractivity contribution is 0.0979. The van der Waals surface area contributed by atoms with Crippen LogP contribution in [0, 0.1) is 5.92 Å². The predicted octanol–water partition coefficient (Wildman–Crippen LogP) is 4.09. The van der Waals surface area contributed by atoms with Gasteiger partial charge in [-0.05, 0) is 77.3 Å². The average Bonchev–Trinajstić information content (AvgIpc) is 3.22. The monoisotopic (exact) mass is 482 g/mol. The second kappa shape index (κ2) is 9.72. The van der Waals surface area contributed by atoms with Crippen molar-refractivity contribution >= 4 is 33.5 Å². The quantitative estimate of drug-likeness (QED) is 0.600. The third-order valence-electron chi connectivity index (χ3n) is 6.78. The van der Waals surface area contributed by atoms with E-state index in [0.717, 1.165) is 45.7 Å². The van der Waals surface area contributed by atoms with Crippen LogP contribution in [0.2, 0.25) is 0 Å². The molecule has 34 heavy (non-hydrogen) atoms. The molecule has 0 heterocycles. The van der Waals surface area contributed by atoms with Crippen molar-refractivity contribution in [1.29, 1.82) is 0 Å². The number of rotatable bonds is 7. The predicted molar refractivity (Wildman–Crippen MR) is 132 cm³/mol. The summed E-state index contributed by atoms with van der Waals surface area (Å²) in [6.45, 7) is 0. The number of carbonyl (C=O) groups is 2. The molecule has 2 aromatic rings. The number of benzene rings is 2. The summed E-state index contributed by atoms with van der Waals surface area (Å²) in [7, 11) is 0.421. The first kappa shape index (κ1) is 24.2. The Bertz CT molecular complexity index is 1260. The van der Waals surface area contributed by atoms with Crippen LogP contribution in [-0.4, -0.2) is 46.1 Å². The summed E-state index contributed by atoms with van der Waals surface area (Å²) < 4.78 is 32.6. The van der Waals surface area contributed by atoms with Crippen molar-refractivity contribution in [2.75, 3.05) is 21.2 Å². The van der Waals surface area contributed by atoms with Gasteiger partial charge >= 0.3 is 10.2 Å². The van der Waals surface area contributed by atoms with E-state index in [1.807, 2.05) is 18.2 Å². The highest BCUT2D eigenvalue weighted by Gasteiger charge is 2.31. The first-order chi connectivity index (χ1) is 16.2. The number of allylic oxidation sites excluding steroid dienone is 2. The number of fused-ring (bicyclic) bond motifs is 1. The SMILES string of the molecule is COc1ccc(C2=C(C3CCCCC3)c3ccc(C(=O)NS(=O)(=O)N(C)C)cc3C2)c(C=O)c1. The average molecular weight is 483 g/mol. The maximum atomic E-state index is 12.7. The lowest BCUT2D eigenvalue weighted by Crippen LogP contribution is -2.39. The van der Waals surface area contributed by atoms with Crippen molar-refractivity contribution in [2.24, 2.45) is 5.92 Å². The molecule has 0 unspecified atom stereocenters. The third kappa shape index (κ3) is 4.65. The first-order valence-electron chi connectivity index (χ1n) is 11.5. The molecule has 1 fully saturated rings. The summed E-state index contributed by atoms with van der Waals surface area (Å²) in [5.41, 5.74) is 6.15. The zero-order valence-corrected chi connectivity index (χ0v) is 20.6. The molecule has 2 aliphatic rings. The van der Waals surface area contributed by atoms with E-state index < -0.39 is 16.1 Å². The van der Waals surface area contributed by atoms with Gasteiger partial charge < -0.3 is 4.74 Å². The van der Waals surface area contributed by atoms with Crippen LogP contribution in [0.5, 0.6) is 5.75 Å². The van der Waals surface area contributed by atoms with Crippen molar-refractivity contribution in [3.8, 4) is 5.75 Å². The number of methoxy groups -OCH3 is 1. The number of amides is 1. The number of ether oxygens (including phenoxy) is 1. The minimum absolute atomic E-state index is 0.291. The highest BCUT2D eigenvalue weighted by molar-refractivity contribution is 7.87. The summed E-state index contributed by atoms with van der Waals surface area (Å²) in [4.78, 5) is 24.6. The second-order valence-electron chi connectivity index (χ2n) is 9.07. The topological polar surface area (TPSA) is 92.8 Å². The largest absolute Gasteiger partial charge is 0.497 e. The van der Waals surface area contributed by atoms with Crippen molar-refractivity contribution in [2.45, 2.75) is 38.5 Å². The van der Waals surface area contributed by atoms with E-state index in [1.54, 1.807) is 25.3 Å². The maximum absolute atomic E-state index is 12.7. The summed E-state index contributed by atoms with van der Waals surface area (Å²) >= 11 is 0. The zero-order chi connectivity index (χ0) is 24.5. The van der Waals surface area contributed by atoms with Gasteiger partial charge in [0.2, 0.25) is 0 Å². The number of hydrogen-bond acceptors (Lipinski definition) is 5. The molecular weight excluding hydrogens is 452 g/mol. The molecule has 0 atom stereocenters. The van der Waals surface area contributed by atoms with Crippen molar-refractivity contribution in [3.05, 3.63) is 64.2 Å². The zero-order valence-electron chi connectivity index (χ0n) is 19.8. The van der Waals surface area contributed by atoms with Crippen LogP contribution >= 0.6 is 0 Å². The van der Waals surface area contributed by atoms with Gasteiger partial charge in [-0.3, -0.25) is 9.59 Å². The lowest BCUT2D eigenvalue weighted by atomic mass is 9.79. The molecule has 0 aromatic heterocycles. The third-order valence-corrected chi connectivity index (χ3v) is 8.18. The second-order valence-corrected chi connectivity index (χ2v) is 11.0. The molecule has 2 aromatic carbocycles. The Hall–Kier alpha value is -2.97. The number of hydrogen-bond donors (Lipinski definition) is 1. The van der Waals surface area contributed by atoms with Gasteiger partial charge in [-0.15, -0.1) is 0 Å². The molecule has 0 bridgehead atoms. The van der Waals surface area contributed by atoms with Gasteiger partial charge in [0.15, 0.2) is 6.29 Å². The van der Waals surface area contributed by atoms with E-state index in [9.17, 15) is 18.0 Å². The fourth-order valence-electron chi connectivity index (χ4n) is 5.00. The maximum Gasteiger partial charge on any atom is 0.303 e. The summed E-state index contributed by atoms with van der Waals surface area (Å²) in [5, 5.41) is 0. The Morgan fingerprint density at radius 3 is 2.41 bits per heavy atom. The molecule has 0 radical (unpaired) electrons. The summed E-state index contributed by atoms with van der Waals surface area (Å²) in [6, 6.07) is 10.9. The Labute approximate surface area is 201 Å².